The summed E-state index contributed by atoms with van der Waals surface area (Å²) in [7, 11) is 3.35. The number of anilines is 1. The second-order valence-corrected chi connectivity index (χ2v) is 7.01. The summed E-state index contributed by atoms with van der Waals surface area (Å²) in [6, 6.07) is 10.7. The number of carbonyl (C=O) groups is 2. The molecule has 3 aromatic rings. The zero-order chi connectivity index (χ0) is 21.7. The van der Waals surface area contributed by atoms with Gasteiger partial charge in [0.05, 0.1) is 5.69 Å². The summed E-state index contributed by atoms with van der Waals surface area (Å²) >= 11 is 0. The Morgan fingerprint density at radius 2 is 1.87 bits per heavy atom. The van der Waals surface area contributed by atoms with Crippen LogP contribution in [0.25, 0.3) is 11.5 Å². The summed E-state index contributed by atoms with van der Waals surface area (Å²) < 4.78 is 18.4. The fraction of sp³-hybridized carbons (Fsp3) is 0.227. The molecule has 0 saturated heterocycles. The van der Waals surface area contributed by atoms with Gasteiger partial charge in [-0.2, -0.15) is 0 Å². The van der Waals surface area contributed by atoms with Crippen molar-refractivity contribution in [2.24, 2.45) is 0 Å². The maximum atomic E-state index is 13.0. The molecule has 3 rings (SSSR count). The number of aryl methyl sites for hydroxylation is 1. The van der Waals surface area contributed by atoms with Crippen LogP contribution < -0.4 is 10.6 Å². The van der Waals surface area contributed by atoms with Gasteiger partial charge < -0.3 is 20.0 Å². The summed E-state index contributed by atoms with van der Waals surface area (Å²) in [5, 5.41) is 5.53. The Labute approximate surface area is 173 Å². The second-order valence-electron chi connectivity index (χ2n) is 7.01. The Hall–Kier alpha value is -3.68. The topological polar surface area (TPSA) is 87.5 Å². The number of rotatable bonds is 6. The lowest BCUT2D eigenvalue weighted by atomic mass is 10.1. The summed E-state index contributed by atoms with van der Waals surface area (Å²) in [4.78, 5) is 30.2. The number of hydrogen-bond acceptors (Lipinski definition) is 4. The lowest BCUT2D eigenvalue weighted by Gasteiger charge is -2.14. The molecule has 3 amide bonds. The van der Waals surface area contributed by atoms with Gasteiger partial charge in [-0.1, -0.05) is 6.07 Å². The normalized spacial score (nSPS) is 10.5. The van der Waals surface area contributed by atoms with E-state index in [4.69, 9.17) is 4.42 Å². The molecule has 2 N–H and O–H groups in total. The van der Waals surface area contributed by atoms with Crippen LogP contribution in [0, 0.1) is 12.7 Å². The number of hydrogen-bond donors (Lipinski definition) is 2. The highest BCUT2D eigenvalue weighted by molar-refractivity contribution is 5.97. The van der Waals surface area contributed by atoms with Gasteiger partial charge in [0.15, 0.2) is 0 Å². The van der Waals surface area contributed by atoms with Crippen molar-refractivity contribution in [1.29, 1.82) is 0 Å². The Balaban J connectivity index is 1.54. The molecule has 1 aromatic heterocycles. The molecule has 0 atom stereocenters. The standard InChI is InChI=1S/C22H23FN4O3/c1-14-4-5-16(21(28)27(2)3)12-19(14)26-22(29)24-11-10-18-13-30-20(25-18)15-6-8-17(23)9-7-15/h4-9,12-13H,10-11H2,1-3H3,(H2,24,26,29). The predicted octanol–water partition coefficient (Wildman–Crippen LogP) is 3.86. The summed E-state index contributed by atoms with van der Waals surface area (Å²) in [5.74, 6) is -0.0681. The average Bonchev–Trinajstić information content (AvgIpc) is 3.18. The maximum Gasteiger partial charge on any atom is 0.319 e. The third-order valence-corrected chi connectivity index (χ3v) is 4.45. The first-order valence-electron chi connectivity index (χ1n) is 9.41. The molecule has 0 unspecified atom stereocenters. The highest BCUT2D eigenvalue weighted by Crippen LogP contribution is 2.19. The maximum absolute atomic E-state index is 13.0. The van der Waals surface area contributed by atoms with Crippen molar-refractivity contribution in [3.8, 4) is 11.5 Å². The summed E-state index contributed by atoms with van der Waals surface area (Å²) in [5.41, 5.74) is 3.26. The molecule has 1 heterocycles. The molecule has 0 aliphatic heterocycles. The number of halogens is 1. The Kier molecular flexibility index (Phi) is 6.46. The Bertz CT molecular complexity index is 1040. The van der Waals surface area contributed by atoms with Gasteiger partial charge in [-0.25, -0.2) is 14.2 Å². The van der Waals surface area contributed by atoms with Crippen LogP contribution in [0.1, 0.15) is 21.6 Å². The van der Waals surface area contributed by atoms with Crippen molar-refractivity contribution in [2.75, 3.05) is 26.0 Å². The molecule has 156 valence electrons. The largest absolute Gasteiger partial charge is 0.444 e. The van der Waals surface area contributed by atoms with E-state index >= 15 is 0 Å². The number of aromatic nitrogens is 1. The van der Waals surface area contributed by atoms with E-state index in [-0.39, 0.29) is 17.8 Å². The van der Waals surface area contributed by atoms with Crippen molar-refractivity contribution < 1.29 is 18.4 Å². The summed E-state index contributed by atoms with van der Waals surface area (Å²) in [6.45, 7) is 2.20. The van der Waals surface area contributed by atoms with Gasteiger partial charge in [0.2, 0.25) is 5.89 Å². The van der Waals surface area contributed by atoms with E-state index in [2.05, 4.69) is 15.6 Å². The molecule has 0 fully saturated rings. The first kappa shape index (κ1) is 21.0. The van der Waals surface area contributed by atoms with Gasteiger partial charge in [-0.3, -0.25) is 4.79 Å². The fourth-order valence-electron chi connectivity index (χ4n) is 2.77. The van der Waals surface area contributed by atoms with Gasteiger partial charge >= 0.3 is 6.03 Å². The van der Waals surface area contributed by atoms with Crippen LogP contribution in [0.3, 0.4) is 0 Å². The van der Waals surface area contributed by atoms with Gasteiger partial charge in [-0.15, -0.1) is 0 Å². The fourth-order valence-corrected chi connectivity index (χ4v) is 2.77. The molecule has 30 heavy (non-hydrogen) atoms. The lowest BCUT2D eigenvalue weighted by molar-refractivity contribution is 0.0827. The van der Waals surface area contributed by atoms with E-state index in [1.807, 2.05) is 6.92 Å². The van der Waals surface area contributed by atoms with Crippen molar-refractivity contribution in [2.45, 2.75) is 13.3 Å². The average molecular weight is 410 g/mol. The predicted molar refractivity (Wildman–Crippen MR) is 112 cm³/mol. The summed E-state index contributed by atoms with van der Waals surface area (Å²) in [6.07, 6.45) is 1.98. The monoisotopic (exact) mass is 410 g/mol. The minimum absolute atomic E-state index is 0.138. The van der Waals surface area contributed by atoms with E-state index in [0.717, 1.165) is 5.56 Å². The minimum atomic E-state index is -0.380. The molecule has 0 aliphatic carbocycles. The molecule has 0 radical (unpaired) electrons. The van der Waals surface area contributed by atoms with Crippen molar-refractivity contribution in [1.82, 2.24) is 15.2 Å². The number of carbonyl (C=O) groups excluding carboxylic acids is 2. The third kappa shape index (κ3) is 5.22. The lowest BCUT2D eigenvalue weighted by Crippen LogP contribution is -2.31. The zero-order valence-electron chi connectivity index (χ0n) is 17.0. The molecule has 0 spiro atoms. The number of benzene rings is 2. The number of nitrogens with zero attached hydrogens (tertiary/aromatic N) is 2. The van der Waals surface area contributed by atoms with Crippen LogP contribution in [0.5, 0.6) is 0 Å². The Morgan fingerprint density at radius 1 is 1.13 bits per heavy atom. The molecular formula is C22H23FN4O3. The quantitative estimate of drug-likeness (QED) is 0.646. The van der Waals surface area contributed by atoms with E-state index in [1.165, 1.54) is 23.3 Å². The van der Waals surface area contributed by atoms with Gasteiger partial charge in [0.25, 0.3) is 5.91 Å². The van der Waals surface area contributed by atoms with Crippen LogP contribution in [0.15, 0.2) is 53.1 Å². The first-order valence-corrected chi connectivity index (χ1v) is 9.41. The van der Waals surface area contributed by atoms with E-state index in [0.29, 0.717) is 41.4 Å². The van der Waals surface area contributed by atoms with Crippen LogP contribution in [0.4, 0.5) is 14.9 Å². The van der Waals surface area contributed by atoms with Crippen LogP contribution in [-0.2, 0) is 6.42 Å². The number of urea groups is 1. The Morgan fingerprint density at radius 3 is 2.57 bits per heavy atom. The SMILES string of the molecule is Cc1ccc(C(=O)N(C)C)cc1NC(=O)NCCc1coc(-c2ccc(F)cc2)n1. The zero-order valence-corrected chi connectivity index (χ0v) is 17.0. The first-order chi connectivity index (χ1) is 14.3. The van der Waals surface area contributed by atoms with Crippen molar-refractivity contribution in [3.05, 3.63) is 71.4 Å². The number of amides is 3. The van der Waals surface area contributed by atoms with E-state index in [1.54, 1.807) is 44.4 Å². The van der Waals surface area contributed by atoms with E-state index < -0.39 is 0 Å². The molecule has 0 saturated carbocycles. The number of nitrogens with one attached hydrogen (secondary N) is 2. The van der Waals surface area contributed by atoms with Crippen molar-refractivity contribution in [3.63, 3.8) is 0 Å². The third-order valence-electron chi connectivity index (χ3n) is 4.45. The van der Waals surface area contributed by atoms with Crippen LogP contribution >= 0.6 is 0 Å². The van der Waals surface area contributed by atoms with Gasteiger partial charge in [-0.05, 0) is 48.9 Å². The van der Waals surface area contributed by atoms with Crippen molar-refractivity contribution >= 4 is 17.6 Å². The highest BCUT2D eigenvalue weighted by atomic mass is 19.1. The second kappa shape index (κ2) is 9.21. The molecule has 0 aliphatic rings. The molecule has 2 aromatic carbocycles. The molecule has 7 nitrogen and oxygen atoms in total. The molecule has 0 bridgehead atoms. The van der Waals surface area contributed by atoms with Gasteiger partial charge in [0.1, 0.15) is 12.1 Å². The molecular weight excluding hydrogens is 387 g/mol. The highest BCUT2D eigenvalue weighted by Gasteiger charge is 2.12. The van der Waals surface area contributed by atoms with Crippen LogP contribution in [-0.4, -0.2) is 42.5 Å². The molecule has 8 heteroatoms. The smallest absolute Gasteiger partial charge is 0.319 e. The van der Waals surface area contributed by atoms with Crippen LogP contribution in [0.2, 0.25) is 0 Å². The van der Waals surface area contributed by atoms with E-state index in [9.17, 15) is 14.0 Å². The van der Waals surface area contributed by atoms with Gasteiger partial charge in [0, 0.05) is 43.9 Å². The minimum Gasteiger partial charge on any atom is -0.444 e. The number of oxazole rings is 1.